The third-order valence-electron chi connectivity index (χ3n) is 8.52. The molecular weight excluding hydrogens is 478 g/mol. The van der Waals surface area contributed by atoms with Gasteiger partial charge >= 0.3 is 0 Å². The monoisotopic (exact) mass is 519 g/mol. The number of fused-ring (bicyclic) bond motifs is 1. The largest absolute Gasteiger partial charge is 0.354 e. The van der Waals surface area contributed by atoms with Crippen molar-refractivity contribution in [2.45, 2.75) is 45.6 Å². The van der Waals surface area contributed by atoms with Crippen molar-refractivity contribution in [2.75, 3.05) is 39.3 Å². The van der Waals surface area contributed by atoms with E-state index in [1.54, 1.807) is 0 Å². The van der Waals surface area contributed by atoms with Crippen molar-refractivity contribution >= 4 is 29.1 Å². The molecule has 2 fully saturated rings. The summed E-state index contributed by atoms with van der Waals surface area (Å²) in [5.74, 6) is 0.975. The number of hydrogen-bond donors (Lipinski definition) is 1. The van der Waals surface area contributed by atoms with Gasteiger partial charge in [-0.25, -0.2) is 0 Å². The second-order valence-corrected chi connectivity index (χ2v) is 11.3. The molecule has 3 aromatic rings. The zero-order valence-corrected chi connectivity index (χ0v) is 23.0. The SMILES string of the molecule is CC1CCN(CC(=O)NCC2(Cc3cccc4ccccc34)CCN(Cc3ccccc3)CC2)CC1.Cl. The van der Waals surface area contributed by atoms with Crippen LogP contribution >= 0.6 is 12.4 Å². The molecule has 1 amide bonds. The Morgan fingerprint density at radius 1 is 0.865 bits per heavy atom. The predicted octanol–water partition coefficient (Wildman–Crippen LogP) is 5.93. The molecule has 2 aliphatic rings. The van der Waals surface area contributed by atoms with E-state index in [0.29, 0.717) is 6.54 Å². The molecule has 0 saturated carbocycles. The van der Waals surface area contributed by atoms with E-state index in [1.165, 1.54) is 34.7 Å². The van der Waals surface area contributed by atoms with Crippen molar-refractivity contribution in [3.63, 3.8) is 0 Å². The van der Waals surface area contributed by atoms with Crippen molar-refractivity contribution < 1.29 is 4.79 Å². The summed E-state index contributed by atoms with van der Waals surface area (Å²) in [4.78, 5) is 17.9. The summed E-state index contributed by atoms with van der Waals surface area (Å²) in [6.45, 7) is 8.85. The number of halogens is 1. The number of rotatable bonds is 8. The number of piperidine rings is 2. The van der Waals surface area contributed by atoms with E-state index in [1.807, 2.05) is 0 Å². The fourth-order valence-corrected chi connectivity index (χ4v) is 6.06. The van der Waals surface area contributed by atoms with Crippen LogP contribution in [0.2, 0.25) is 0 Å². The molecule has 0 bridgehead atoms. The molecule has 2 saturated heterocycles. The number of carbonyl (C=O) groups is 1. The molecule has 5 heteroatoms. The average Bonchev–Trinajstić information content (AvgIpc) is 2.91. The first-order valence-electron chi connectivity index (χ1n) is 13.8. The van der Waals surface area contributed by atoms with E-state index in [4.69, 9.17) is 0 Å². The Labute approximate surface area is 228 Å². The van der Waals surface area contributed by atoms with Crippen LogP contribution in [-0.2, 0) is 17.8 Å². The summed E-state index contributed by atoms with van der Waals surface area (Å²) < 4.78 is 0. The zero-order chi connectivity index (χ0) is 24.8. The summed E-state index contributed by atoms with van der Waals surface area (Å²) in [6.07, 6.45) is 5.62. The van der Waals surface area contributed by atoms with Crippen LogP contribution in [0.3, 0.4) is 0 Å². The Bertz CT molecular complexity index is 1130. The maximum absolute atomic E-state index is 13.0. The van der Waals surface area contributed by atoms with Gasteiger partial charge in [-0.1, -0.05) is 79.7 Å². The topological polar surface area (TPSA) is 35.6 Å². The Morgan fingerprint density at radius 2 is 1.54 bits per heavy atom. The number of hydrogen-bond acceptors (Lipinski definition) is 3. The second-order valence-electron chi connectivity index (χ2n) is 11.3. The van der Waals surface area contributed by atoms with Gasteiger partial charge in [0.2, 0.25) is 5.91 Å². The van der Waals surface area contributed by atoms with Gasteiger partial charge in [0.05, 0.1) is 6.54 Å². The highest BCUT2D eigenvalue weighted by molar-refractivity contribution is 5.86. The van der Waals surface area contributed by atoms with Gasteiger partial charge in [-0.15, -0.1) is 12.4 Å². The lowest BCUT2D eigenvalue weighted by Gasteiger charge is -2.42. The molecule has 198 valence electrons. The molecule has 37 heavy (non-hydrogen) atoms. The predicted molar refractivity (Wildman–Crippen MR) is 156 cm³/mol. The fraction of sp³-hybridized carbons (Fsp3) is 0.469. The van der Waals surface area contributed by atoms with Crippen LogP contribution in [0.1, 0.15) is 43.7 Å². The summed E-state index contributed by atoms with van der Waals surface area (Å²) >= 11 is 0. The molecule has 0 aliphatic carbocycles. The molecule has 3 aromatic carbocycles. The molecule has 0 aromatic heterocycles. The molecular formula is C32H42ClN3O. The molecule has 5 rings (SSSR count). The smallest absolute Gasteiger partial charge is 0.234 e. The minimum Gasteiger partial charge on any atom is -0.354 e. The number of carbonyl (C=O) groups excluding carboxylic acids is 1. The minimum absolute atomic E-state index is 0. The van der Waals surface area contributed by atoms with Crippen molar-refractivity contribution in [3.8, 4) is 0 Å². The molecule has 1 N–H and O–H groups in total. The summed E-state index contributed by atoms with van der Waals surface area (Å²) in [5.41, 5.74) is 2.87. The number of amides is 1. The highest BCUT2D eigenvalue weighted by Gasteiger charge is 2.35. The van der Waals surface area contributed by atoms with Crippen LogP contribution in [0.5, 0.6) is 0 Å². The average molecular weight is 520 g/mol. The lowest BCUT2D eigenvalue weighted by molar-refractivity contribution is -0.123. The molecule has 2 heterocycles. The molecule has 0 atom stereocenters. The van der Waals surface area contributed by atoms with Gasteiger partial charge in [-0.2, -0.15) is 0 Å². The fourth-order valence-electron chi connectivity index (χ4n) is 6.06. The second kappa shape index (κ2) is 12.9. The van der Waals surface area contributed by atoms with E-state index >= 15 is 0 Å². The Morgan fingerprint density at radius 3 is 2.30 bits per heavy atom. The quantitative estimate of drug-likeness (QED) is 0.400. The number of benzene rings is 3. The van der Waals surface area contributed by atoms with Gasteiger partial charge in [0, 0.05) is 13.1 Å². The highest BCUT2D eigenvalue weighted by Crippen LogP contribution is 2.37. The van der Waals surface area contributed by atoms with Crippen molar-refractivity contribution in [3.05, 3.63) is 83.9 Å². The van der Waals surface area contributed by atoms with Crippen LogP contribution in [0.15, 0.2) is 72.8 Å². The summed E-state index contributed by atoms with van der Waals surface area (Å²) in [6, 6.07) is 26.2. The van der Waals surface area contributed by atoms with Gasteiger partial charge in [-0.3, -0.25) is 14.6 Å². The third kappa shape index (κ3) is 7.34. The molecule has 4 nitrogen and oxygen atoms in total. The van der Waals surface area contributed by atoms with Crippen LogP contribution in [0, 0.1) is 11.3 Å². The highest BCUT2D eigenvalue weighted by atomic mass is 35.5. The van der Waals surface area contributed by atoms with Crippen molar-refractivity contribution in [1.82, 2.24) is 15.1 Å². The number of nitrogens with one attached hydrogen (secondary N) is 1. The van der Waals surface area contributed by atoms with Crippen LogP contribution in [-0.4, -0.2) is 55.0 Å². The maximum atomic E-state index is 13.0. The van der Waals surface area contributed by atoms with Crippen molar-refractivity contribution in [1.29, 1.82) is 0 Å². The van der Waals surface area contributed by atoms with E-state index in [0.717, 1.165) is 64.4 Å². The first-order chi connectivity index (χ1) is 17.6. The van der Waals surface area contributed by atoms with E-state index in [2.05, 4.69) is 94.8 Å². The van der Waals surface area contributed by atoms with Gasteiger partial charge in [0.25, 0.3) is 0 Å². The molecule has 0 spiro atoms. The zero-order valence-electron chi connectivity index (χ0n) is 22.2. The lowest BCUT2D eigenvalue weighted by Crippen LogP contribution is -2.49. The standard InChI is InChI=1S/C32H41N3O.ClH/c1-26-14-18-34(19-15-26)24-31(36)33-25-32(22-29-12-7-11-28-10-5-6-13-30(28)29)16-20-35(21-17-32)23-27-8-3-2-4-9-27;/h2-13,26H,14-25H2,1H3,(H,33,36);1H. The van der Waals surface area contributed by atoms with Gasteiger partial charge < -0.3 is 5.32 Å². The Kier molecular flexibility index (Phi) is 9.64. The van der Waals surface area contributed by atoms with E-state index < -0.39 is 0 Å². The maximum Gasteiger partial charge on any atom is 0.234 e. The summed E-state index contributed by atoms with van der Waals surface area (Å²) in [7, 11) is 0. The Balaban J connectivity index is 0.00000320. The molecule has 0 radical (unpaired) electrons. The number of likely N-dealkylation sites (tertiary alicyclic amines) is 2. The van der Waals surface area contributed by atoms with Gasteiger partial charge in [0.1, 0.15) is 0 Å². The first kappa shape index (κ1) is 27.6. The van der Waals surface area contributed by atoms with Crippen LogP contribution < -0.4 is 5.32 Å². The van der Waals surface area contributed by atoms with E-state index in [-0.39, 0.29) is 23.7 Å². The first-order valence-corrected chi connectivity index (χ1v) is 13.8. The van der Waals surface area contributed by atoms with Gasteiger partial charge in [0.15, 0.2) is 0 Å². The molecule has 0 unspecified atom stereocenters. The molecule has 2 aliphatic heterocycles. The lowest BCUT2D eigenvalue weighted by atomic mass is 9.73. The normalized spacial score (nSPS) is 18.8. The van der Waals surface area contributed by atoms with Crippen molar-refractivity contribution in [2.24, 2.45) is 11.3 Å². The summed E-state index contributed by atoms with van der Waals surface area (Å²) in [5, 5.41) is 6.03. The minimum atomic E-state index is 0. The Hall–Kier alpha value is -2.40. The van der Waals surface area contributed by atoms with Crippen LogP contribution in [0.25, 0.3) is 10.8 Å². The number of nitrogens with zero attached hydrogens (tertiary/aromatic N) is 2. The third-order valence-corrected chi connectivity index (χ3v) is 8.52. The van der Waals surface area contributed by atoms with Crippen LogP contribution in [0.4, 0.5) is 0 Å². The van der Waals surface area contributed by atoms with Gasteiger partial charge in [-0.05, 0) is 91.5 Å². The van der Waals surface area contributed by atoms with E-state index in [9.17, 15) is 4.79 Å².